The number of carboxylic acid groups (broad SMARTS) is 1. The van der Waals surface area contributed by atoms with Crippen molar-refractivity contribution in [1.29, 1.82) is 0 Å². The molecule has 52 heavy (non-hydrogen) atoms. The van der Waals surface area contributed by atoms with E-state index in [2.05, 4.69) is 0 Å². The van der Waals surface area contributed by atoms with Crippen LogP contribution in [0.5, 0.6) is 11.5 Å². The lowest BCUT2D eigenvalue weighted by molar-refractivity contribution is 0.0515. The molecule has 0 radical (unpaired) electrons. The summed E-state index contributed by atoms with van der Waals surface area (Å²) >= 11 is 11.9. The molecule has 2 aliphatic rings. The zero-order chi connectivity index (χ0) is 37.4. The fourth-order valence-electron chi connectivity index (χ4n) is 6.00. The first kappa shape index (κ1) is 38.5. The second-order valence-corrected chi connectivity index (χ2v) is 12.8. The average Bonchev–Trinajstić information content (AvgIpc) is 3.12. The van der Waals surface area contributed by atoms with Crippen molar-refractivity contribution in [3.05, 3.63) is 116 Å². The molecule has 8 nitrogen and oxygen atoms in total. The molecule has 6 rings (SSSR count). The lowest BCUT2D eigenvalue weighted by Gasteiger charge is -2.32. The van der Waals surface area contributed by atoms with Crippen molar-refractivity contribution >= 4 is 46.5 Å². The van der Waals surface area contributed by atoms with Crippen molar-refractivity contribution in [2.24, 2.45) is 0 Å². The van der Waals surface area contributed by atoms with E-state index in [0.717, 1.165) is 36.8 Å². The predicted molar refractivity (Wildman–Crippen MR) is 191 cm³/mol. The number of carboxylic acids is 1. The van der Waals surface area contributed by atoms with Gasteiger partial charge in [-0.2, -0.15) is 0 Å². The molecule has 2 heterocycles. The van der Waals surface area contributed by atoms with Crippen LogP contribution < -0.4 is 19.3 Å². The van der Waals surface area contributed by atoms with E-state index in [9.17, 15) is 32.3 Å². The van der Waals surface area contributed by atoms with Crippen molar-refractivity contribution in [3.63, 3.8) is 0 Å². The predicted octanol–water partition coefficient (Wildman–Crippen LogP) is 8.77. The highest BCUT2D eigenvalue weighted by molar-refractivity contribution is 6.32. The Labute approximate surface area is 308 Å². The molecular weight excluding hydrogens is 727 g/mol. The van der Waals surface area contributed by atoms with E-state index in [1.165, 1.54) is 36.4 Å². The number of anilines is 2. The van der Waals surface area contributed by atoms with Crippen molar-refractivity contribution in [1.82, 2.24) is 0 Å². The SMILES string of the molecule is CCOC(=O)c1c(F)c(Cl)cc2c1OCCN2CCCc1ccc(F)cc1.O=C(O)c1c(F)c(Cl)cc2c1OCCN2CCCc1ccc(F)cc1. The Kier molecular flexibility index (Phi) is 13.1. The summed E-state index contributed by atoms with van der Waals surface area (Å²) in [6.45, 7) is 4.81. The third kappa shape index (κ3) is 9.21. The Hall–Kier alpha value is -4.68. The molecule has 0 aliphatic carbocycles. The summed E-state index contributed by atoms with van der Waals surface area (Å²) in [7, 11) is 0. The molecule has 0 spiro atoms. The van der Waals surface area contributed by atoms with Crippen molar-refractivity contribution in [2.75, 3.05) is 55.8 Å². The zero-order valence-electron chi connectivity index (χ0n) is 28.2. The highest BCUT2D eigenvalue weighted by Crippen LogP contribution is 2.41. The van der Waals surface area contributed by atoms with E-state index in [-0.39, 0.29) is 52.0 Å². The number of aromatic carboxylic acids is 1. The maximum Gasteiger partial charge on any atom is 0.345 e. The number of fused-ring (bicyclic) bond motifs is 2. The summed E-state index contributed by atoms with van der Waals surface area (Å²) < 4.78 is 70.3. The quantitative estimate of drug-likeness (QED) is 0.120. The minimum Gasteiger partial charge on any atom is -0.489 e. The van der Waals surface area contributed by atoms with Gasteiger partial charge >= 0.3 is 11.9 Å². The monoisotopic (exact) mass is 762 g/mol. The molecular formula is C38H36Cl2F4N2O6. The Bertz CT molecular complexity index is 1900. The van der Waals surface area contributed by atoms with Gasteiger partial charge in [-0.25, -0.2) is 27.2 Å². The summed E-state index contributed by atoms with van der Waals surface area (Å²) in [5, 5.41) is 8.86. The molecule has 276 valence electrons. The Morgan fingerprint density at radius 2 is 1.15 bits per heavy atom. The first-order valence-corrected chi connectivity index (χ1v) is 17.4. The van der Waals surface area contributed by atoms with Crippen LogP contribution in [-0.4, -0.2) is 63.0 Å². The van der Waals surface area contributed by atoms with Gasteiger partial charge in [-0.15, -0.1) is 0 Å². The number of benzene rings is 4. The van der Waals surface area contributed by atoms with Crippen LogP contribution in [0.4, 0.5) is 28.9 Å². The van der Waals surface area contributed by atoms with Crippen LogP contribution in [0.3, 0.4) is 0 Å². The van der Waals surface area contributed by atoms with Gasteiger partial charge in [0.15, 0.2) is 23.1 Å². The lowest BCUT2D eigenvalue weighted by atomic mass is 10.1. The Balaban J connectivity index is 0.000000202. The fraction of sp³-hybridized carbons (Fsp3) is 0.316. The molecule has 14 heteroatoms. The third-order valence-electron chi connectivity index (χ3n) is 8.51. The molecule has 0 fully saturated rings. The topological polar surface area (TPSA) is 88.5 Å². The molecule has 2 aliphatic heterocycles. The lowest BCUT2D eigenvalue weighted by Crippen LogP contribution is -2.34. The molecule has 0 atom stereocenters. The summed E-state index contributed by atoms with van der Waals surface area (Å²) in [6.07, 6.45) is 3.08. The van der Waals surface area contributed by atoms with Gasteiger partial charge in [0.05, 0.1) is 41.1 Å². The van der Waals surface area contributed by atoms with Gasteiger partial charge in [-0.05, 0) is 80.1 Å². The van der Waals surface area contributed by atoms with E-state index in [1.807, 2.05) is 9.80 Å². The van der Waals surface area contributed by atoms with Gasteiger partial charge in [0, 0.05) is 13.1 Å². The fourth-order valence-corrected chi connectivity index (χ4v) is 6.40. The van der Waals surface area contributed by atoms with Gasteiger partial charge < -0.3 is 29.1 Å². The van der Waals surface area contributed by atoms with Gasteiger partial charge in [0.1, 0.15) is 36.0 Å². The first-order valence-electron chi connectivity index (χ1n) is 16.7. The summed E-state index contributed by atoms with van der Waals surface area (Å²) in [5.74, 6) is -4.37. The Morgan fingerprint density at radius 3 is 1.58 bits per heavy atom. The first-order chi connectivity index (χ1) is 25.0. The van der Waals surface area contributed by atoms with Crippen molar-refractivity contribution in [3.8, 4) is 11.5 Å². The highest BCUT2D eigenvalue weighted by Gasteiger charge is 2.31. The van der Waals surface area contributed by atoms with Crippen LogP contribution in [0.15, 0.2) is 60.7 Å². The summed E-state index contributed by atoms with van der Waals surface area (Å²) in [5.41, 5.74) is 2.31. The summed E-state index contributed by atoms with van der Waals surface area (Å²) in [6, 6.07) is 15.6. The average molecular weight is 764 g/mol. The maximum atomic E-state index is 14.4. The smallest absolute Gasteiger partial charge is 0.345 e. The van der Waals surface area contributed by atoms with Crippen LogP contribution in [0.1, 0.15) is 51.6 Å². The van der Waals surface area contributed by atoms with Crippen LogP contribution in [-0.2, 0) is 17.6 Å². The second kappa shape index (κ2) is 17.7. The van der Waals surface area contributed by atoms with Crippen molar-refractivity contribution in [2.45, 2.75) is 32.6 Å². The van der Waals surface area contributed by atoms with Crippen molar-refractivity contribution < 1.29 is 46.5 Å². The van der Waals surface area contributed by atoms with Crippen LogP contribution >= 0.6 is 23.2 Å². The van der Waals surface area contributed by atoms with Gasteiger partial charge in [0.2, 0.25) is 0 Å². The molecule has 0 unspecified atom stereocenters. The molecule has 4 aromatic carbocycles. The molecule has 0 saturated heterocycles. The summed E-state index contributed by atoms with van der Waals surface area (Å²) in [4.78, 5) is 27.5. The minimum absolute atomic E-state index is 0.0161. The molecule has 1 N–H and O–H groups in total. The zero-order valence-corrected chi connectivity index (χ0v) is 29.7. The maximum absolute atomic E-state index is 14.4. The number of halogens is 6. The molecule has 4 aromatic rings. The molecule has 0 aromatic heterocycles. The number of carbonyl (C=O) groups excluding carboxylic acids is 1. The number of rotatable bonds is 11. The second-order valence-electron chi connectivity index (χ2n) is 11.9. The number of esters is 1. The number of hydrogen-bond acceptors (Lipinski definition) is 7. The number of ether oxygens (including phenoxy) is 3. The minimum atomic E-state index is -1.41. The van der Waals surface area contributed by atoms with E-state index >= 15 is 0 Å². The largest absolute Gasteiger partial charge is 0.489 e. The Morgan fingerprint density at radius 1 is 0.731 bits per heavy atom. The molecule has 0 saturated carbocycles. The molecule has 0 amide bonds. The standard InChI is InChI=1S/C20H20ClF2NO3.C18H16ClF2NO3/c1-2-26-20(25)17-18(23)15(21)12-16-19(17)27-11-10-24(16)9-3-4-13-5-7-14(22)8-6-13;19-13-10-14-17(15(16(13)21)18(23)24)25-9-8-22(14)7-1-2-11-3-5-12(20)6-4-11/h5-8,12H,2-4,9-11H2,1H3;3-6,10H,1-2,7-9H2,(H,23,24). The number of aryl methyl sites for hydroxylation is 2. The van der Waals surface area contributed by atoms with Crippen LogP contribution in [0, 0.1) is 23.3 Å². The van der Waals surface area contributed by atoms with Gasteiger partial charge in [0.25, 0.3) is 0 Å². The number of nitrogens with zero attached hydrogens (tertiary/aromatic N) is 2. The molecule has 0 bridgehead atoms. The van der Waals surface area contributed by atoms with E-state index in [4.69, 9.17) is 37.4 Å². The third-order valence-corrected chi connectivity index (χ3v) is 9.06. The van der Waals surface area contributed by atoms with E-state index in [1.54, 1.807) is 31.2 Å². The van der Waals surface area contributed by atoms with Crippen LogP contribution in [0.2, 0.25) is 10.0 Å². The normalized spacial score (nSPS) is 13.2. The highest BCUT2D eigenvalue weighted by atomic mass is 35.5. The van der Waals surface area contributed by atoms with Gasteiger partial charge in [-0.3, -0.25) is 0 Å². The van der Waals surface area contributed by atoms with Crippen LogP contribution in [0.25, 0.3) is 0 Å². The van der Waals surface area contributed by atoms with Gasteiger partial charge in [-0.1, -0.05) is 47.5 Å². The van der Waals surface area contributed by atoms with E-state index < -0.39 is 29.1 Å². The number of hydrogen-bond donors (Lipinski definition) is 1. The number of carbonyl (C=O) groups is 2. The van der Waals surface area contributed by atoms with E-state index in [0.29, 0.717) is 44.2 Å².